The number of carbonyl (C=O) groups excluding carboxylic acids is 2. The van der Waals surface area contributed by atoms with E-state index in [1.807, 2.05) is 25.1 Å². The Hall–Kier alpha value is -1.57. The number of halogens is 1. The van der Waals surface area contributed by atoms with Gasteiger partial charge in [0.15, 0.2) is 5.57 Å². The maximum atomic E-state index is 11.8. The fraction of sp³-hybridized carbons (Fsp3) is 0.333. The van der Waals surface area contributed by atoms with Gasteiger partial charge in [-0.05, 0) is 52.8 Å². The summed E-state index contributed by atoms with van der Waals surface area (Å²) in [4.78, 5) is 23.6. The molecule has 0 amide bonds. The van der Waals surface area contributed by atoms with E-state index in [1.54, 1.807) is 0 Å². The summed E-state index contributed by atoms with van der Waals surface area (Å²) < 4.78 is 11.2. The van der Waals surface area contributed by atoms with Crippen molar-refractivity contribution >= 4 is 40.2 Å². The number of esters is 2. The average molecular weight is 401 g/mol. The van der Waals surface area contributed by atoms with E-state index in [9.17, 15) is 9.59 Å². The van der Waals surface area contributed by atoms with Gasteiger partial charge in [-0.25, -0.2) is 9.59 Å². The molecule has 112 valence electrons. The fourth-order valence-corrected chi connectivity index (χ4v) is 2.48. The lowest BCUT2D eigenvalue weighted by Crippen LogP contribution is -2.42. The molecule has 0 unspecified atom stereocenters. The largest absolute Gasteiger partial charge is 0.419 e. The molecule has 2 rings (SSSR count). The zero-order chi connectivity index (χ0) is 15.6. The van der Waals surface area contributed by atoms with Crippen LogP contribution in [0.15, 0.2) is 30.0 Å². The summed E-state index contributed by atoms with van der Waals surface area (Å²) in [7, 11) is 0. The SMILES string of the molecule is CCc1cc(I)ccc1NC=C1C(=O)OC(C)(C)OC1=O. The smallest absolute Gasteiger partial charge is 0.350 e. The molecule has 0 aliphatic carbocycles. The third-order valence-electron chi connectivity index (χ3n) is 2.94. The Morgan fingerprint density at radius 3 is 2.43 bits per heavy atom. The Morgan fingerprint density at radius 2 is 1.86 bits per heavy atom. The molecule has 0 aromatic heterocycles. The monoisotopic (exact) mass is 401 g/mol. The maximum Gasteiger partial charge on any atom is 0.350 e. The van der Waals surface area contributed by atoms with Crippen LogP contribution in [0.4, 0.5) is 5.69 Å². The Labute approximate surface area is 136 Å². The summed E-state index contributed by atoms with van der Waals surface area (Å²) in [5.74, 6) is -2.59. The van der Waals surface area contributed by atoms with Gasteiger partial charge in [0.05, 0.1) is 0 Å². The van der Waals surface area contributed by atoms with Gasteiger partial charge in [-0.3, -0.25) is 0 Å². The molecule has 0 bridgehead atoms. The Kier molecular flexibility index (Phi) is 4.55. The van der Waals surface area contributed by atoms with Crippen LogP contribution in [-0.2, 0) is 25.5 Å². The third-order valence-corrected chi connectivity index (χ3v) is 3.61. The van der Waals surface area contributed by atoms with Crippen molar-refractivity contribution < 1.29 is 19.1 Å². The van der Waals surface area contributed by atoms with Crippen LogP contribution in [0.5, 0.6) is 0 Å². The molecule has 1 fully saturated rings. The van der Waals surface area contributed by atoms with Crippen molar-refractivity contribution in [3.05, 3.63) is 39.1 Å². The molecule has 1 saturated heterocycles. The number of rotatable bonds is 3. The number of benzene rings is 1. The lowest BCUT2D eigenvalue weighted by atomic mass is 10.1. The van der Waals surface area contributed by atoms with Crippen LogP contribution in [-0.4, -0.2) is 17.7 Å². The van der Waals surface area contributed by atoms with Crippen LogP contribution in [0.2, 0.25) is 0 Å². The molecule has 1 aromatic carbocycles. The minimum Gasteiger partial charge on any atom is -0.419 e. The molecule has 1 N–H and O–H groups in total. The van der Waals surface area contributed by atoms with E-state index in [4.69, 9.17) is 9.47 Å². The molecule has 0 radical (unpaired) electrons. The van der Waals surface area contributed by atoms with Gasteiger partial charge < -0.3 is 14.8 Å². The van der Waals surface area contributed by atoms with Crippen molar-refractivity contribution in [1.29, 1.82) is 0 Å². The van der Waals surface area contributed by atoms with E-state index in [0.717, 1.165) is 21.2 Å². The van der Waals surface area contributed by atoms with Crippen LogP contribution < -0.4 is 5.32 Å². The van der Waals surface area contributed by atoms with E-state index in [1.165, 1.54) is 20.0 Å². The first kappa shape index (κ1) is 15.8. The van der Waals surface area contributed by atoms with Crippen LogP contribution in [0, 0.1) is 3.57 Å². The number of anilines is 1. The van der Waals surface area contributed by atoms with Crippen molar-refractivity contribution in [3.63, 3.8) is 0 Å². The average Bonchev–Trinajstić information content (AvgIpc) is 2.37. The van der Waals surface area contributed by atoms with Gasteiger partial charge in [0.25, 0.3) is 5.79 Å². The minimum absolute atomic E-state index is 0.144. The van der Waals surface area contributed by atoms with Gasteiger partial charge in [0, 0.05) is 29.3 Å². The van der Waals surface area contributed by atoms with E-state index in [-0.39, 0.29) is 5.57 Å². The van der Waals surface area contributed by atoms with Crippen LogP contribution >= 0.6 is 22.6 Å². The molecule has 21 heavy (non-hydrogen) atoms. The summed E-state index contributed by atoms with van der Waals surface area (Å²) in [6, 6.07) is 5.89. The van der Waals surface area contributed by atoms with E-state index in [2.05, 4.69) is 27.9 Å². The summed E-state index contributed by atoms with van der Waals surface area (Å²) >= 11 is 2.24. The normalized spacial score (nSPS) is 17.0. The highest BCUT2D eigenvalue weighted by Gasteiger charge is 2.38. The molecule has 5 nitrogen and oxygen atoms in total. The molecule has 1 aliphatic heterocycles. The first-order chi connectivity index (χ1) is 9.82. The first-order valence-electron chi connectivity index (χ1n) is 6.54. The second-order valence-corrected chi connectivity index (χ2v) is 6.28. The lowest BCUT2D eigenvalue weighted by Gasteiger charge is -2.29. The van der Waals surface area contributed by atoms with Crippen LogP contribution in [0.25, 0.3) is 0 Å². The Bertz CT molecular complexity index is 600. The van der Waals surface area contributed by atoms with E-state index < -0.39 is 17.7 Å². The molecule has 0 spiro atoms. The highest BCUT2D eigenvalue weighted by Crippen LogP contribution is 2.24. The second kappa shape index (κ2) is 6.05. The number of carbonyl (C=O) groups is 2. The standard InChI is InChI=1S/C15H16INO4/c1-4-9-7-10(16)5-6-12(9)17-8-11-13(18)20-15(2,3)21-14(11)19/h5-8,17H,4H2,1-3H3. The van der Waals surface area contributed by atoms with Crippen LogP contribution in [0.1, 0.15) is 26.3 Å². The number of ether oxygens (including phenoxy) is 2. The molecule has 1 heterocycles. The lowest BCUT2D eigenvalue weighted by molar-refractivity contribution is -0.222. The topological polar surface area (TPSA) is 64.6 Å². The Morgan fingerprint density at radius 1 is 1.24 bits per heavy atom. The molecular formula is C15H16INO4. The van der Waals surface area contributed by atoms with E-state index in [0.29, 0.717) is 0 Å². The molecule has 0 atom stereocenters. The number of cyclic esters (lactones) is 2. The highest BCUT2D eigenvalue weighted by molar-refractivity contribution is 14.1. The first-order valence-corrected chi connectivity index (χ1v) is 7.62. The van der Waals surface area contributed by atoms with Crippen molar-refractivity contribution in [2.45, 2.75) is 33.0 Å². The number of nitrogens with one attached hydrogen (secondary N) is 1. The Balaban J connectivity index is 2.22. The van der Waals surface area contributed by atoms with Crippen LogP contribution in [0.3, 0.4) is 0 Å². The van der Waals surface area contributed by atoms with Crippen molar-refractivity contribution in [3.8, 4) is 0 Å². The zero-order valence-corrected chi connectivity index (χ0v) is 14.2. The molecule has 0 saturated carbocycles. The minimum atomic E-state index is -1.22. The molecule has 1 aliphatic rings. The van der Waals surface area contributed by atoms with Crippen molar-refractivity contribution in [1.82, 2.24) is 0 Å². The van der Waals surface area contributed by atoms with Gasteiger partial charge in [-0.1, -0.05) is 6.92 Å². The highest BCUT2D eigenvalue weighted by atomic mass is 127. The van der Waals surface area contributed by atoms with Crippen molar-refractivity contribution in [2.24, 2.45) is 0 Å². The summed E-state index contributed by atoms with van der Waals surface area (Å²) in [5.41, 5.74) is 1.79. The van der Waals surface area contributed by atoms with Gasteiger partial charge >= 0.3 is 11.9 Å². The van der Waals surface area contributed by atoms with Gasteiger partial charge in [0.1, 0.15) is 0 Å². The fourth-order valence-electron chi connectivity index (χ4n) is 1.92. The summed E-state index contributed by atoms with van der Waals surface area (Å²) in [6.07, 6.45) is 2.17. The number of hydrogen-bond acceptors (Lipinski definition) is 5. The quantitative estimate of drug-likeness (QED) is 0.365. The maximum absolute atomic E-state index is 11.8. The third kappa shape index (κ3) is 3.75. The van der Waals surface area contributed by atoms with Crippen molar-refractivity contribution in [2.75, 3.05) is 5.32 Å². The zero-order valence-electron chi connectivity index (χ0n) is 12.0. The molecule has 1 aromatic rings. The van der Waals surface area contributed by atoms with Gasteiger partial charge in [-0.2, -0.15) is 0 Å². The predicted molar refractivity (Wildman–Crippen MR) is 86.5 cm³/mol. The predicted octanol–water partition coefficient (Wildman–Crippen LogP) is 2.99. The molecular weight excluding hydrogens is 385 g/mol. The number of aryl methyl sites for hydroxylation is 1. The second-order valence-electron chi connectivity index (χ2n) is 5.04. The molecule has 6 heteroatoms. The summed E-state index contributed by atoms with van der Waals surface area (Å²) in [6.45, 7) is 5.07. The number of hydrogen-bond donors (Lipinski definition) is 1. The van der Waals surface area contributed by atoms with E-state index >= 15 is 0 Å². The summed E-state index contributed by atoms with van der Waals surface area (Å²) in [5, 5.41) is 2.98. The van der Waals surface area contributed by atoms with Gasteiger partial charge in [0.2, 0.25) is 0 Å². The van der Waals surface area contributed by atoms with Gasteiger partial charge in [-0.15, -0.1) is 0 Å².